The van der Waals surface area contributed by atoms with Gasteiger partial charge in [0.15, 0.2) is 6.29 Å². The highest BCUT2D eigenvalue weighted by Crippen LogP contribution is 2.23. The average molecular weight is 265 g/mol. The van der Waals surface area contributed by atoms with Gasteiger partial charge < -0.3 is 14.2 Å². The minimum Gasteiger partial charge on any atom is -0.496 e. The molecule has 1 aromatic carbocycles. The zero-order valence-electron chi connectivity index (χ0n) is 11.1. The third-order valence-electron chi connectivity index (χ3n) is 3.11. The van der Waals surface area contributed by atoms with Crippen LogP contribution in [-0.4, -0.2) is 57.8 Å². The van der Waals surface area contributed by atoms with Crippen molar-refractivity contribution in [2.75, 3.05) is 46.6 Å². The lowest BCUT2D eigenvalue weighted by Gasteiger charge is -2.26. The van der Waals surface area contributed by atoms with E-state index in [4.69, 9.17) is 14.2 Å². The predicted molar refractivity (Wildman–Crippen MR) is 71.1 cm³/mol. The summed E-state index contributed by atoms with van der Waals surface area (Å²) < 4.78 is 16.1. The number of hydrogen-bond acceptors (Lipinski definition) is 5. The van der Waals surface area contributed by atoms with Gasteiger partial charge in [0.05, 0.1) is 25.9 Å². The van der Waals surface area contributed by atoms with Crippen molar-refractivity contribution in [1.82, 2.24) is 4.90 Å². The molecule has 0 atom stereocenters. The summed E-state index contributed by atoms with van der Waals surface area (Å²) in [7, 11) is 1.54. The van der Waals surface area contributed by atoms with Gasteiger partial charge in [-0.15, -0.1) is 0 Å². The summed E-state index contributed by atoms with van der Waals surface area (Å²) >= 11 is 0. The molecule has 0 aliphatic carbocycles. The topological polar surface area (TPSA) is 48.0 Å². The number of carbonyl (C=O) groups is 1. The van der Waals surface area contributed by atoms with Gasteiger partial charge in [0.2, 0.25) is 0 Å². The largest absolute Gasteiger partial charge is 0.496 e. The molecule has 0 spiro atoms. The Balaban J connectivity index is 1.83. The first-order valence-corrected chi connectivity index (χ1v) is 6.39. The number of aldehydes is 1. The maximum Gasteiger partial charge on any atom is 0.153 e. The van der Waals surface area contributed by atoms with Crippen LogP contribution in [0.15, 0.2) is 18.2 Å². The Morgan fingerprint density at radius 2 is 2.16 bits per heavy atom. The highest BCUT2D eigenvalue weighted by molar-refractivity contribution is 5.79. The zero-order valence-corrected chi connectivity index (χ0v) is 11.1. The van der Waals surface area contributed by atoms with E-state index in [9.17, 15) is 4.79 Å². The standard InChI is InChI=1S/C14H19NO4/c1-17-14-10-13(3-2-12(14)11-16)19-9-6-15-4-7-18-8-5-15/h2-3,10-11H,4-9H2,1H3. The zero-order chi connectivity index (χ0) is 13.5. The molecule has 1 aliphatic rings. The van der Waals surface area contributed by atoms with Crippen molar-refractivity contribution in [1.29, 1.82) is 0 Å². The molecule has 104 valence electrons. The summed E-state index contributed by atoms with van der Waals surface area (Å²) in [6.07, 6.45) is 0.774. The van der Waals surface area contributed by atoms with E-state index in [1.807, 2.05) is 0 Å². The van der Waals surface area contributed by atoms with Gasteiger partial charge in [0, 0.05) is 25.7 Å². The number of nitrogens with zero attached hydrogens (tertiary/aromatic N) is 1. The quantitative estimate of drug-likeness (QED) is 0.724. The van der Waals surface area contributed by atoms with Crippen LogP contribution in [-0.2, 0) is 4.74 Å². The van der Waals surface area contributed by atoms with Gasteiger partial charge in [-0.2, -0.15) is 0 Å². The molecule has 0 unspecified atom stereocenters. The maximum absolute atomic E-state index is 10.8. The third-order valence-corrected chi connectivity index (χ3v) is 3.11. The second-order valence-corrected chi connectivity index (χ2v) is 4.32. The molecule has 0 bridgehead atoms. The Kier molecular flexibility index (Phi) is 5.18. The number of ether oxygens (including phenoxy) is 3. The summed E-state index contributed by atoms with van der Waals surface area (Å²) in [4.78, 5) is 13.1. The smallest absolute Gasteiger partial charge is 0.153 e. The number of rotatable bonds is 6. The Bertz CT molecular complexity index is 416. The molecule has 1 heterocycles. The highest BCUT2D eigenvalue weighted by Gasteiger charge is 2.10. The van der Waals surface area contributed by atoms with Gasteiger partial charge in [0.25, 0.3) is 0 Å². The molecule has 0 N–H and O–H groups in total. The van der Waals surface area contributed by atoms with E-state index in [2.05, 4.69) is 4.90 Å². The Morgan fingerprint density at radius 3 is 2.84 bits per heavy atom. The Labute approximate surface area is 113 Å². The van der Waals surface area contributed by atoms with Crippen molar-refractivity contribution in [2.45, 2.75) is 0 Å². The monoisotopic (exact) mass is 265 g/mol. The van der Waals surface area contributed by atoms with E-state index < -0.39 is 0 Å². The molecule has 5 heteroatoms. The minimum atomic E-state index is 0.531. The molecule has 1 aliphatic heterocycles. The predicted octanol–water partition coefficient (Wildman–Crippen LogP) is 1.22. The lowest BCUT2D eigenvalue weighted by Crippen LogP contribution is -2.38. The lowest BCUT2D eigenvalue weighted by molar-refractivity contribution is 0.0322. The second-order valence-electron chi connectivity index (χ2n) is 4.32. The first-order chi connectivity index (χ1) is 9.33. The summed E-state index contributed by atoms with van der Waals surface area (Å²) in [5.41, 5.74) is 0.531. The SMILES string of the molecule is COc1cc(OCCN2CCOCC2)ccc1C=O. The highest BCUT2D eigenvalue weighted by atomic mass is 16.5. The van der Waals surface area contributed by atoms with Crippen LogP contribution in [0.3, 0.4) is 0 Å². The van der Waals surface area contributed by atoms with Gasteiger partial charge in [-0.25, -0.2) is 0 Å². The lowest BCUT2D eigenvalue weighted by atomic mass is 10.2. The van der Waals surface area contributed by atoms with Crippen LogP contribution in [0.1, 0.15) is 10.4 Å². The van der Waals surface area contributed by atoms with E-state index in [1.54, 1.807) is 25.3 Å². The summed E-state index contributed by atoms with van der Waals surface area (Å²) in [6.45, 7) is 4.99. The summed E-state index contributed by atoms with van der Waals surface area (Å²) in [5.74, 6) is 1.26. The van der Waals surface area contributed by atoms with Crippen molar-refractivity contribution in [3.63, 3.8) is 0 Å². The van der Waals surface area contributed by atoms with Crippen molar-refractivity contribution in [3.05, 3.63) is 23.8 Å². The molecular weight excluding hydrogens is 246 g/mol. The van der Waals surface area contributed by atoms with E-state index in [0.717, 1.165) is 44.9 Å². The van der Waals surface area contributed by atoms with Gasteiger partial charge in [-0.1, -0.05) is 0 Å². The number of morpholine rings is 1. The minimum absolute atomic E-state index is 0.531. The fraction of sp³-hybridized carbons (Fsp3) is 0.500. The maximum atomic E-state index is 10.8. The Hall–Kier alpha value is -1.59. The Morgan fingerprint density at radius 1 is 1.37 bits per heavy atom. The van der Waals surface area contributed by atoms with Crippen LogP contribution in [0.4, 0.5) is 0 Å². The molecule has 5 nitrogen and oxygen atoms in total. The molecule has 0 aromatic heterocycles. The van der Waals surface area contributed by atoms with Gasteiger partial charge in [-0.3, -0.25) is 9.69 Å². The molecule has 0 saturated carbocycles. The van der Waals surface area contributed by atoms with Crippen LogP contribution >= 0.6 is 0 Å². The van der Waals surface area contributed by atoms with Gasteiger partial charge in [-0.05, 0) is 12.1 Å². The molecular formula is C14H19NO4. The second kappa shape index (κ2) is 7.11. The molecule has 1 aromatic rings. The third kappa shape index (κ3) is 3.94. The normalized spacial score (nSPS) is 16.1. The molecule has 0 amide bonds. The number of carbonyl (C=O) groups excluding carboxylic acids is 1. The van der Waals surface area contributed by atoms with Crippen molar-refractivity contribution in [3.8, 4) is 11.5 Å². The molecule has 19 heavy (non-hydrogen) atoms. The molecule has 0 radical (unpaired) electrons. The van der Waals surface area contributed by atoms with Crippen LogP contribution in [0, 0.1) is 0 Å². The van der Waals surface area contributed by atoms with Crippen LogP contribution in [0.2, 0.25) is 0 Å². The first-order valence-electron chi connectivity index (χ1n) is 6.39. The van der Waals surface area contributed by atoms with Gasteiger partial charge >= 0.3 is 0 Å². The number of hydrogen-bond donors (Lipinski definition) is 0. The summed E-state index contributed by atoms with van der Waals surface area (Å²) in [6, 6.07) is 5.23. The fourth-order valence-electron chi connectivity index (χ4n) is 2.00. The number of methoxy groups -OCH3 is 1. The van der Waals surface area contributed by atoms with Crippen LogP contribution in [0.5, 0.6) is 11.5 Å². The van der Waals surface area contributed by atoms with Crippen LogP contribution in [0.25, 0.3) is 0 Å². The van der Waals surface area contributed by atoms with E-state index in [1.165, 1.54) is 0 Å². The van der Waals surface area contributed by atoms with Crippen LogP contribution < -0.4 is 9.47 Å². The van der Waals surface area contributed by atoms with Crippen molar-refractivity contribution >= 4 is 6.29 Å². The molecule has 2 rings (SSSR count). The van der Waals surface area contributed by atoms with E-state index in [0.29, 0.717) is 17.9 Å². The van der Waals surface area contributed by atoms with Crippen molar-refractivity contribution in [2.24, 2.45) is 0 Å². The van der Waals surface area contributed by atoms with E-state index in [-0.39, 0.29) is 0 Å². The van der Waals surface area contributed by atoms with Crippen molar-refractivity contribution < 1.29 is 19.0 Å². The summed E-state index contributed by atoms with van der Waals surface area (Å²) in [5, 5.41) is 0. The fourth-order valence-corrected chi connectivity index (χ4v) is 2.00. The average Bonchev–Trinajstić information content (AvgIpc) is 2.48. The van der Waals surface area contributed by atoms with E-state index >= 15 is 0 Å². The first kappa shape index (κ1) is 13.8. The molecule has 1 saturated heterocycles. The molecule has 1 fully saturated rings. The number of benzene rings is 1. The van der Waals surface area contributed by atoms with Gasteiger partial charge in [0.1, 0.15) is 18.1 Å².